The van der Waals surface area contributed by atoms with Gasteiger partial charge >= 0.3 is 23.9 Å². The highest BCUT2D eigenvalue weighted by atomic mass is 32.2. The summed E-state index contributed by atoms with van der Waals surface area (Å²) in [6.45, 7) is 1.90. The lowest BCUT2D eigenvalue weighted by Gasteiger charge is -2.26. The van der Waals surface area contributed by atoms with Crippen LogP contribution in [0.3, 0.4) is 0 Å². The van der Waals surface area contributed by atoms with Gasteiger partial charge in [0.05, 0.1) is 4.90 Å². The molecule has 0 aliphatic rings. The van der Waals surface area contributed by atoms with Crippen LogP contribution in [0.1, 0.15) is 37.7 Å². The van der Waals surface area contributed by atoms with E-state index in [1.54, 1.807) is 12.1 Å². The summed E-state index contributed by atoms with van der Waals surface area (Å²) < 4.78 is 26.9. The lowest BCUT2D eigenvalue weighted by Crippen LogP contribution is -2.52. The second-order valence-electron chi connectivity index (χ2n) is 7.44. The molecule has 0 spiro atoms. The van der Waals surface area contributed by atoms with Crippen LogP contribution < -0.4 is 10.0 Å². The summed E-state index contributed by atoms with van der Waals surface area (Å²) in [5.74, 6) is -3.98. The van der Waals surface area contributed by atoms with Crippen molar-refractivity contribution < 1.29 is 42.9 Å². The molecule has 0 bridgehead atoms. The van der Waals surface area contributed by atoms with E-state index in [1.165, 1.54) is 19.2 Å². The van der Waals surface area contributed by atoms with Gasteiger partial charge in [-0.2, -0.15) is 0 Å². The van der Waals surface area contributed by atoms with Gasteiger partial charge in [0.1, 0.15) is 12.1 Å². The maximum atomic E-state index is 12.3. The Hall–Kier alpha value is -3.19. The number of hydrogen-bond donors (Lipinski definition) is 5. The zero-order valence-corrected chi connectivity index (χ0v) is 19.2. The van der Waals surface area contributed by atoms with E-state index in [0.29, 0.717) is 6.42 Å². The fourth-order valence-corrected chi connectivity index (χ4v) is 3.94. The summed E-state index contributed by atoms with van der Waals surface area (Å²) in [4.78, 5) is 46.7. The molecule has 0 aliphatic carbocycles. The average Bonchev–Trinajstić information content (AvgIpc) is 2.72. The summed E-state index contributed by atoms with van der Waals surface area (Å²) in [6, 6.07) is 2.56. The monoisotopic (exact) mass is 487 g/mol. The summed E-state index contributed by atoms with van der Waals surface area (Å²) in [6.07, 6.45) is -0.267. The van der Waals surface area contributed by atoms with E-state index in [2.05, 4.69) is 10.0 Å². The molecule has 0 aliphatic heterocycles. The number of nitrogens with zero attached hydrogens (tertiary/aromatic N) is 1. The number of urea groups is 1. The van der Waals surface area contributed by atoms with Gasteiger partial charge in [-0.15, -0.1) is 0 Å². The maximum absolute atomic E-state index is 12.3. The number of aliphatic carboxylic acids is 3. The highest BCUT2D eigenvalue weighted by Crippen LogP contribution is 2.12. The van der Waals surface area contributed by atoms with Gasteiger partial charge in [0.2, 0.25) is 10.0 Å². The lowest BCUT2D eigenvalue weighted by atomic mass is 10.1. The SMILES string of the molecule is Cc1ccc(S(=O)(=O)NCCCC[C@@H](C(=O)O)N(C)C(=O)N[C@@H](CCC(=O)O)C(=O)O)cc1. The van der Waals surface area contributed by atoms with E-state index in [9.17, 15) is 32.7 Å². The molecule has 33 heavy (non-hydrogen) atoms. The molecule has 2 atom stereocenters. The maximum Gasteiger partial charge on any atom is 0.326 e. The van der Waals surface area contributed by atoms with E-state index in [4.69, 9.17) is 10.2 Å². The van der Waals surface area contributed by atoms with Gasteiger partial charge in [0.15, 0.2) is 0 Å². The van der Waals surface area contributed by atoms with Crippen molar-refractivity contribution >= 4 is 34.0 Å². The molecule has 12 nitrogen and oxygen atoms in total. The predicted molar refractivity (Wildman–Crippen MR) is 116 cm³/mol. The summed E-state index contributed by atoms with van der Waals surface area (Å²) in [7, 11) is -2.51. The Morgan fingerprint density at radius 2 is 1.58 bits per heavy atom. The fraction of sp³-hybridized carbons (Fsp3) is 0.500. The topological polar surface area (TPSA) is 190 Å². The number of likely N-dealkylation sites (N-methyl/N-ethyl adjacent to an activating group) is 1. The van der Waals surface area contributed by atoms with Crippen molar-refractivity contribution in [3.8, 4) is 0 Å². The van der Waals surface area contributed by atoms with Crippen LogP contribution in [0.15, 0.2) is 29.2 Å². The third-order valence-corrected chi connectivity index (χ3v) is 6.32. The second-order valence-corrected chi connectivity index (χ2v) is 9.21. The minimum atomic E-state index is -3.70. The van der Waals surface area contributed by atoms with Crippen LogP contribution in [0.25, 0.3) is 0 Å². The van der Waals surface area contributed by atoms with Gasteiger partial charge in [-0.1, -0.05) is 17.7 Å². The average molecular weight is 488 g/mol. The Balaban J connectivity index is 2.58. The first kappa shape index (κ1) is 27.8. The van der Waals surface area contributed by atoms with Crippen LogP contribution >= 0.6 is 0 Å². The number of unbranched alkanes of at least 4 members (excludes halogenated alkanes) is 1. The van der Waals surface area contributed by atoms with Crippen molar-refractivity contribution in [1.29, 1.82) is 0 Å². The van der Waals surface area contributed by atoms with Crippen LogP contribution in [0.4, 0.5) is 4.79 Å². The number of aryl methyl sites for hydroxylation is 1. The summed E-state index contributed by atoms with van der Waals surface area (Å²) in [5, 5.41) is 29.4. The highest BCUT2D eigenvalue weighted by molar-refractivity contribution is 7.89. The smallest absolute Gasteiger partial charge is 0.326 e. The number of rotatable bonds is 14. The molecule has 1 rings (SSSR count). The summed E-state index contributed by atoms with van der Waals surface area (Å²) in [5.41, 5.74) is 0.915. The van der Waals surface area contributed by atoms with Crippen LogP contribution in [-0.2, 0) is 24.4 Å². The molecule has 1 aromatic rings. The molecule has 0 heterocycles. The largest absolute Gasteiger partial charge is 0.481 e. The molecule has 184 valence electrons. The van der Waals surface area contributed by atoms with Gasteiger partial charge in [-0.25, -0.2) is 27.5 Å². The van der Waals surface area contributed by atoms with Crippen molar-refractivity contribution in [2.75, 3.05) is 13.6 Å². The van der Waals surface area contributed by atoms with Gasteiger partial charge in [0.25, 0.3) is 0 Å². The van der Waals surface area contributed by atoms with Gasteiger partial charge in [-0.05, 0) is 44.7 Å². The van der Waals surface area contributed by atoms with Crippen molar-refractivity contribution in [3.05, 3.63) is 29.8 Å². The molecule has 2 amide bonds. The predicted octanol–water partition coefficient (Wildman–Crippen LogP) is 0.856. The molecule has 0 radical (unpaired) electrons. The molecular weight excluding hydrogens is 458 g/mol. The Morgan fingerprint density at radius 1 is 0.970 bits per heavy atom. The minimum Gasteiger partial charge on any atom is -0.481 e. The third kappa shape index (κ3) is 9.45. The van der Waals surface area contributed by atoms with Crippen LogP contribution in [0.5, 0.6) is 0 Å². The minimum absolute atomic E-state index is 0.00161. The van der Waals surface area contributed by atoms with Crippen molar-refractivity contribution in [2.24, 2.45) is 0 Å². The first-order chi connectivity index (χ1) is 15.3. The van der Waals surface area contributed by atoms with E-state index in [1.807, 2.05) is 6.92 Å². The third-order valence-electron chi connectivity index (χ3n) is 4.84. The van der Waals surface area contributed by atoms with E-state index in [-0.39, 0.29) is 30.7 Å². The Labute approximate surface area is 191 Å². The number of sulfonamides is 1. The van der Waals surface area contributed by atoms with Crippen molar-refractivity contribution in [2.45, 2.75) is 56.0 Å². The molecule has 0 saturated carbocycles. The standard InChI is InChI=1S/C20H29N3O9S/c1-13-6-8-14(9-7-13)33(31,32)21-12-4-3-5-16(19(28)29)23(2)20(30)22-15(18(26)27)10-11-17(24)25/h6-9,15-16,21H,3-5,10-12H2,1-2H3,(H,22,30)(H,24,25)(H,26,27)(H,28,29)/t15-,16-/m0/s1. The molecule has 0 aromatic heterocycles. The first-order valence-corrected chi connectivity index (χ1v) is 11.6. The van der Waals surface area contributed by atoms with Crippen molar-refractivity contribution in [1.82, 2.24) is 14.9 Å². The van der Waals surface area contributed by atoms with Crippen LogP contribution in [-0.4, -0.2) is 78.3 Å². The van der Waals surface area contributed by atoms with E-state index < -0.39 is 52.5 Å². The number of benzene rings is 1. The van der Waals surface area contributed by atoms with E-state index >= 15 is 0 Å². The Bertz CT molecular complexity index is 948. The zero-order chi connectivity index (χ0) is 25.2. The second kappa shape index (κ2) is 12.7. The highest BCUT2D eigenvalue weighted by Gasteiger charge is 2.29. The molecule has 13 heteroatoms. The number of carboxylic acid groups (broad SMARTS) is 3. The first-order valence-electron chi connectivity index (χ1n) is 10.1. The molecule has 0 unspecified atom stereocenters. The quantitative estimate of drug-likeness (QED) is 0.237. The molecule has 0 saturated heterocycles. The number of amides is 2. The van der Waals surface area contributed by atoms with Gasteiger partial charge in [0, 0.05) is 20.0 Å². The molecule has 5 N–H and O–H groups in total. The fourth-order valence-electron chi connectivity index (χ4n) is 2.87. The number of nitrogens with one attached hydrogen (secondary N) is 2. The number of carboxylic acids is 3. The van der Waals surface area contributed by atoms with Crippen LogP contribution in [0, 0.1) is 6.92 Å². The number of hydrogen-bond acceptors (Lipinski definition) is 6. The zero-order valence-electron chi connectivity index (χ0n) is 18.4. The van der Waals surface area contributed by atoms with Crippen molar-refractivity contribution in [3.63, 3.8) is 0 Å². The molecular formula is C20H29N3O9S. The van der Waals surface area contributed by atoms with Gasteiger partial charge < -0.3 is 25.5 Å². The molecule has 0 fully saturated rings. The van der Waals surface area contributed by atoms with Gasteiger partial charge in [-0.3, -0.25) is 4.79 Å². The lowest BCUT2D eigenvalue weighted by molar-refractivity contribution is -0.142. The normalized spacial score (nSPS) is 13.0. The Kier molecular flexibility index (Phi) is 10.8. The van der Waals surface area contributed by atoms with E-state index in [0.717, 1.165) is 10.5 Å². The van der Waals surface area contributed by atoms with Crippen LogP contribution in [0.2, 0.25) is 0 Å². The Morgan fingerprint density at radius 3 is 2.09 bits per heavy atom. The molecule has 1 aromatic carbocycles. The number of carbonyl (C=O) groups is 4. The summed E-state index contributed by atoms with van der Waals surface area (Å²) >= 11 is 0. The number of carbonyl (C=O) groups excluding carboxylic acids is 1.